The van der Waals surface area contributed by atoms with Crippen LogP contribution in [0, 0.1) is 27.7 Å². The van der Waals surface area contributed by atoms with Crippen molar-refractivity contribution in [2.75, 3.05) is 0 Å². The fraction of sp³-hybridized carbons (Fsp3) is 0.333. The molecule has 0 spiro atoms. The Morgan fingerprint density at radius 1 is 0.600 bits per heavy atom. The third-order valence-electron chi connectivity index (χ3n) is 3.97. The van der Waals surface area contributed by atoms with Gasteiger partial charge in [-0.3, -0.25) is 0 Å². The van der Waals surface area contributed by atoms with Crippen LogP contribution in [0.15, 0.2) is 24.3 Å². The monoisotopic (exact) mass is 270 g/mol. The van der Waals surface area contributed by atoms with Crippen molar-refractivity contribution in [1.82, 2.24) is 0 Å². The number of hydrogen-bond donors (Lipinski definition) is 2. The lowest BCUT2D eigenvalue weighted by Gasteiger charge is -2.12. The summed E-state index contributed by atoms with van der Waals surface area (Å²) in [7, 11) is 0. The maximum atomic E-state index is 9.69. The van der Waals surface area contributed by atoms with Crippen LogP contribution in [0.25, 0.3) is 0 Å². The number of phenolic OH excluding ortho intramolecular Hbond substituents is 2. The topological polar surface area (TPSA) is 40.5 Å². The summed E-state index contributed by atoms with van der Waals surface area (Å²) in [5.74, 6) is 0.728. The van der Waals surface area contributed by atoms with Gasteiger partial charge in [-0.25, -0.2) is 0 Å². The summed E-state index contributed by atoms with van der Waals surface area (Å²) in [6, 6.07) is 7.79. The molecule has 0 fully saturated rings. The van der Waals surface area contributed by atoms with Crippen LogP contribution >= 0.6 is 0 Å². The molecule has 0 heterocycles. The summed E-state index contributed by atoms with van der Waals surface area (Å²) < 4.78 is 0. The minimum absolute atomic E-state index is 0.364. The molecule has 0 bridgehead atoms. The molecule has 0 amide bonds. The molecule has 0 radical (unpaired) electrons. The van der Waals surface area contributed by atoms with Gasteiger partial charge in [0.15, 0.2) is 0 Å². The molecule has 2 N–H and O–H groups in total. The Kier molecular flexibility index (Phi) is 4.03. The quantitative estimate of drug-likeness (QED) is 0.881. The molecule has 2 aromatic carbocycles. The highest BCUT2D eigenvalue weighted by Gasteiger charge is 2.07. The van der Waals surface area contributed by atoms with Gasteiger partial charge in [0.2, 0.25) is 0 Å². The van der Waals surface area contributed by atoms with E-state index in [1.54, 1.807) is 0 Å². The normalized spacial score (nSPS) is 10.8. The molecule has 0 aromatic heterocycles. The Morgan fingerprint density at radius 2 is 0.950 bits per heavy atom. The Bertz CT molecular complexity index is 585. The lowest BCUT2D eigenvalue weighted by atomic mass is 9.95. The molecule has 2 rings (SSSR count). The van der Waals surface area contributed by atoms with Gasteiger partial charge in [-0.05, 0) is 86.1 Å². The molecule has 0 atom stereocenters. The van der Waals surface area contributed by atoms with Crippen molar-refractivity contribution in [3.05, 3.63) is 57.6 Å². The zero-order chi connectivity index (χ0) is 14.9. The minimum atomic E-state index is 0.364. The number of hydrogen-bond acceptors (Lipinski definition) is 2. The van der Waals surface area contributed by atoms with Crippen LogP contribution < -0.4 is 0 Å². The molecule has 0 aliphatic carbocycles. The molecule has 0 aliphatic rings. The first-order chi connectivity index (χ1) is 9.38. The minimum Gasteiger partial charge on any atom is -0.508 e. The van der Waals surface area contributed by atoms with Crippen LogP contribution in [0.3, 0.4) is 0 Å². The van der Waals surface area contributed by atoms with Gasteiger partial charge in [0.25, 0.3) is 0 Å². The first-order valence-electron chi connectivity index (χ1n) is 6.96. The van der Waals surface area contributed by atoms with Crippen molar-refractivity contribution in [1.29, 1.82) is 0 Å². The highest BCUT2D eigenvalue weighted by molar-refractivity contribution is 5.43. The summed E-state index contributed by atoms with van der Waals surface area (Å²) in [6.07, 6.45) is 1.88. The third-order valence-corrected chi connectivity index (χ3v) is 3.97. The van der Waals surface area contributed by atoms with Crippen molar-refractivity contribution in [2.45, 2.75) is 40.5 Å². The van der Waals surface area contributed by atoms with E-state index in [1.807, 2.05) is 39.8 Å². The van der Waals surface area contributed by atoms with E-state index in [0.717, 1.165) is 35.1 Å². The number of rotatable bonds is 3. The van der Waals surface area contributed by atoms with Gasteiger partial charge in [-0.15, -0.1) is 0 Å². The lowest BCUT2D eigenvalue weighted by molar-refractivity contribution is 0.469. The van der Waals surface area contributed by atoms with Crippen molar-refractivity contribution < 1.29 is 10.2 Å². The van der Waals surface area contributed by atoms with Crippen LogP contribution in [-0.2, 0) is 12.8 Å². The average Bonchev–Trinajstić information content (AvgIpc) is 2.37. The molecular weight excluding hydrogens is 248 g/mol. The fourth-order valence-electron chi connectivity index (χ4n) is 2.53. The summed E-state index contributed by atoms with van der Waals surface area (Å²) in [6.45, 7) is 7.91. The van der Waals surface area contributed by atoms with E-state index in [9.17, 15) is 10.2 Å². The SMILES string of the molecule is Cc1cc(CCc2cc(C)c(O)cc2C)c(C)cc1O. The van der Waals surface area contributed by atoms with E-state index >= 15 is 0 Å². The van der Waals surface area contributed by atoms with Crippen molar-refractivity contribution in [3.63, 3.8) is 0 Å². The average molecular weight is 270 g/mol. The first kappa shape index (κ1) is 14.4. The third kappa shape index (κ3) is 2.96. The van der Waals surface area contributed by atoms with Crippen LogP contribution in [0.2, 0.25) is 0 Å². The second kappa shape index (κ2) is 5.58. The number of aryl methyl sites for hydroxylation is 6. The predicted octanol–water partition coefficient (Wildman–Crippen LogP) is 4.12. The second-order valence-corrected chi connectivity index (χ2v) is 5.63. The van der Waals surface area contributed by atoms with Gasteiger partial charge in [0, 0.05) is 0 Å². The van der Waals surface area contributed by atoms with E-state index in [4.69, 9.17) is 0 Å². The van der Waals surface area contributed by atoms with E-state index in [0.29, 0.717) is 11.5 Å². The first-order valence-corrected chi connectivity index (χ1v) is 6.96. The summed E-state index contributed by atoms with van der Waals surface area (Å²) >= 11 is 0. The number of benzene rings is 2. The van der Waals surface area contributed by atoms with Gasteiger partial charge < -0.3 is 10.2 Å². The number of phenols is 2. The lowest BCUT2D eigenvalue weighted by Crippen LogP contribution is -1.98. The van der Waals surface area contributed by atoms with E-state index in [1.165, 1.54) is 11.1 Å². The van der Waals surface area contributed by atoms with Crippen molar-refractivity contribution >= 4 is 0 Å². The zero-order valence-corrected chi connectivity index (χ0v) is 12.6. The smallest absolute Gasteiger partial charge is 0.118 e. The van der Waals surface area contributed by atoms with Gasteiger partial charge in [-0.2, -0.15) is 0 Å². The molecule has 0 saturated carbocycles. The van der Waals surface area contributed by atoms with E-state index in [-0.39, 0.29) is 0 Å². The Hall–Kier alpha value is -1.96. The van der Waals surface area contributed by atoms with Crippen molar-refractivity contribution in [3.8, 4) is 11.5 Å². The van der Waals surface area contributed by atoms with Crippen molar-refractivity contribution in [2.24, 2.45) is 0 Å². The standard InChI is InChI=1S/C18H22O2/c1-11-9-17(19)13(3)7-15(11)5-6-16-8-14(4)18(20)10-12(16)2/h7-10,19-20H,5-6H2,1-4H3. The van der Waals surface area contributed by atoms with Gasteiger partial charge in [-0.1, -0.05) is 12.1 Å². The Balaban J connectivity index is 2.21. The predicted molar refractivity (Wildman–Crippen MR) is 82.6 cm³/mol. The molecular formula is C18H22O2. The van der Waals surface area contributed by atoms with Crippen LogP contribution in [0.5, 0.6) is 11.5 Å². The van der Waals surface area contributed by atoms with E-state index in [2.05, 4.69) is 12.1 Å². The Morgan fingerprint density at radius 3 is 1.30 bits per heavy atom. The summed E-state index contributed by atoms with van der Waals surface area (Å²) in [5.41, 5.74) is 6.63. The fourth-order valence-corrected chi connectivity index (χ4v) is 2.53. The highest BCUT2D eigenvalue weighted by atomic mass is 16.3. The summed E-state index contributed by atoms with van der Waals surface area (Å²) in [4.78, 5) is 0. The summed E-state index contributed by atoms with van der Waals surface area (Å²) in [5, 5.41) is 19.4. The zero-order valence-electron chi connectivity index (χ0n) is 12.6. The largest absolute Gasteiger partial charge is 0.508 e. The van der Waals surface area contributed by atoms with E-state index < -0.39 is 0 Å². The molecule has 2 heteroatoms. The van der Waals surface area contributed by atoms with Gasteiger partial charge in [0.1, 0.15) is 11.5 Å². The Labute approximate surface area is 120 Å². The maximum absolute atomic E-state index is 9.69. The van der Waals surface area contributed by atoms with Crippen LogP contribution in [0.4, 0.5) is 0 Å². The van der Waals surface area contributed by atoms with Gasteiger partial charge >= 0.3 is 0 Å². The van der Waals surface area contributed by atoms with Gasteiger partial charge in [0.05, 0.1) is 0 Å². The molecule has 2 nitrogen and oxygen atoms in total. The maximum Gasteiger partial charge on any atom is 0.118 e. The molecule has 2 aromatic rings. The van der Waals surface area contributed by atoms with Crippen LogP contribution in [-0.4, -0.2) is 10.2 Å². The highest BCUT2D eigenvalue weighted by Crippen LogP contribution is 2.25. The molecule has 20 heavy (non-hydrogen) atoms. The molecule has 0 unspecified atom stereocenters. The molecule has 106 valence electrons. The molecule has 0 aliphatic heterocycles. The van der Waals surface area contributed by atoms with Crippen LogP contribution in [0.1, 0.15) is 33.4 Å². The number of aromatic hydroxyl groups is 2. The molecule has 0 saturated heterocycles. The second-order valence-electron chi connectivity index (χ2n) is 5.63.